The first-order valence-electron chi connectivity index (χ1n) is 6.68. The summed E-state index contributed by atoms with van der Waals surface area (Å²) in [5.74, 6) is 0.0246. The number of fused-ring (bicyclic) bond motifs is 1. The van der Waals surface area contributed by atoms with Gasteiger partial charge in [-0.1, -0.05) is 24.3 Å². The van der Waals surface area contributed by atoms with Gasteiger partial charge in [0.1, 0.15) is 5.58 Å². The van der Waals surface area contributed by atoms with Gasteiger partial charge in [-0.2, -0.15) is 0 Å². The van der Waals surface area contributed by atoms with Crippen LogP contribution in [0.1, 0.15) is 11.1 Å². The van der Waals surface area contributed by atoms with Gasteiger partial charge in [-0.15, -0.1) is 0 Å². The maximum absolute atomic E-state index is 12.0. The Bertz CT molecular complexity index is 779. The zero-order valence-electron chi connectivity index (χ0n) is 11.3. The van der Waals surface area contributed by atoms with E-state index in [1.54, 1.807) is 6.26 Å². The number of amides is 1. The van der Waals surface area contributed by atoms with Gasteiger partial charge in [0.05, 0.1) is 12.7 Å². The standard InChI is InChI=1S/C17H14INO2/c18-15-3-1-2-12(8-15)10-17(20)19-11-13-4-5-14-6-7-21-16(14)9-13/h1-9H,10-11H2,(H,19,20). The molecule has 0 radical (unpaired) electrons. The lowest BCUT2D eigenvalue weighted by atomic mass is 10.1. The lowest BCUT2D eigenvalue weighted by Crippen LogP contribution is -2.24. The minimum Gasteiger partial charge on any atom is -0.464 e. The van der Waals surface area contributed by atoms with Crippen LogP contribution in [0.2, 0.25) is 0 Å². The molecule has 21 heavy (non-hydrogen) atoms. The molecule has 3 nitrogen and oxygen atoms in total. The normalized spacial score (nSPS) is 10.7. The third-order valence-electron chi connectivity index (χ3n) is 3.26. The van der Waals surface area contributed by atoms with E-state index in [0.717, 1.165) is 25.7 Å². The second-order valence-electron chi connectivity index (χ2n) is 4.88. The summed E-state index contributed by atoms with van der Waals surface area (Å²) in [7, 11) is 0. The van der Waals surface area contributed by atoms with E-state index < -0.39 is 0 Å². The summed E-state index contributed by atoms with van der Waals surface area (Å²) >= 11 is 2.25. The highest BCUT2D eigenvalue weighted by Crippen LogP contribution is 2.16. The summed E-state index contributed by atoms with van der Waals surface area (Å²) in [5.41, 5.74) is 2.91. The zero-order chi connectivity index (χ0) is 14.7. The number of furan rings is 1. The van der Waals surface area contributed by atoms with Gasteiger partial charge in [0.2, 0.25) is 5.91 Å². The quantitative estimate of drug-likeness (QED) is 0.686. The van der Waals surface area contributed by atoms with Gasteiger partial charge >= 0.3 is 0 Å². The zero-order valence-corrected chi connectivity index (χ0v) is 13.5. The number of carbonyl (C=O) groups excluding carboxylic acids is 1. The number of nitrogens with one attached hydrogen (secondary N) is 1. The monoisotopic (exact) mass is 391 g/mol. The minimum absolute atomic E-state index is 0.0246. The average Bonchev–Trinajstić information content (AvgIpc) is 2.92. The summed E-state index contributed by atoms with van der Waals surface area (Å²) in [6, 6.07) is 15.9. The molecule has 1 N–H and O–H groups in total. The molecule has 0 aliphatic heterocycles. The van der Waals surface area contributed by atoms with Crippen LogP contribution in [0.25, 0.3) is 11.0 Å². The number of carbonyl (C=O) groups is 1. The topological polar surface area (TPSA) is 42.2 Å². The minimum atomic E-state index is 0.0246. The summed E-state index contributed by atoms with van der Waals surface area (Å²) in [5, 5.41) is 4.01. The van der Waals surface area contributed by atoms with E-state index in [4.69, 9.17) is 4.42 Å². The molecular formula is C17H14INO2. The Morgan fingerprint density at radius 1 is 1.10 bits per heavy atom. The van der Waals surface area contributed by atoms with Crippen molar-refractivity contribution < 1.29 is 9.21 Å². The molecule has 106 valence electrons. The van der Waals surface area contributed by atoms with Gasteiger partial charge in [-0.05, 0) is 58.0 Å². The van der Waals surface area contributed by atoms with E-state index in [1.165, 1.54) is 0 Å². The van der Waals surface area contributed by atoms with Gasteiger partial charge in [0.25, 0.3) is 0 Å². The Hall–Kier alpha value is -1.82. The molecule has 3 rings (SSSR count). The molecule has 0 unspecified atom stereocenters. The fraction of sp³-hybridized carbons (Fsp3) is 0.118. The summed E-state index contributed by atoms with van der Waals surface area (Å²) in [6.07, 6.45) is 2.07. The van der Waals surface area contributed by atoms with Crippen molar-refractivity contribution in [3.63, 3.8) is 0 Å². The fourth-order valence-electron chi connectivity index (χ4n) is 2.20. The van der Waals surface area contributed by atoms with E-state index in [9.17, 15) is 4.79 Å². The summed E-state index contributed by atoms with van der Waals surface area (Å²) < 4.78 is 6.50. The van der Waals surface area contributed by atoms with Crippen molar-refractivity contribution in [3.8, 4) is 0 Å². The summed E-state index contributed by atoms with van der Waals surface area (Å²) in [4.78, 5) is 12.0. The number of benzene rings is 2. The Morgan fingerprint density at radius 2 is 2.00 bits per heavy atom. The van der Waals surface area contributed by atoms with Gasteiger partial charge < -0.3 is 9.73 Å². The molecule has 1 heterocycles. The highest BCUT2D eigenvalue weighted by molar-refractivity contribution is 14.1. The van der Waals surface area contributed by atoms with Gasteiger partial charge in [-0.3, -0.25) is 4.79 Å². The molecule has 0 spiro atoms. The molecule has 0 saturated heterocycles. The second-order valence-corrected chi connectivity index (χ2v) is 6.12. The van der Waals surface area contributed by atoms with Crippen molar-refractivity contribution in [2.75, 3.05) is 0 Å². The van der Waals surface area contributed by atoms with Crippen molar-refractivity contribution in [2.45, 2.75) is 13.0 Å². The Labute approximate surface area is 136 Å². The van der Waals surface area contributed by atoms with Crippen molar-refractivity contribution in [1.82, 2.24) is 5.32 Å². The van der Waals surface area contributed by atoms with Crippen LogP contribution in [0.5, 0.6) is 0 Å². The molecule has 2 aromatic carbocycles. The highest BCUT2D eigenvalue weighted by atomic mass is 127. The van der Waals surface area contributed by atoms with E-state index in [0.29, 0.717) is 13.0 Å². The SMILES string of the molecule is O=C(Cc1cccc(I)c1)NCc1ccc2ccoc2c1. The Morgan fingerprint density at radius 3 is 2.86 bits per heavy atom. The van der Waals surface area contributed by atoms with Crippen LogP contribution in [0.3, 0.4) is 0 Å². The lowest BCUT2D eigenvalue weighted by molar-refractivity contribution is -0.120. The molecule has 0 atom stereocenters. The number of hydrogen-bond donors (Lipinski definition) is 1. The van der Waals surface area contributed by atoms with Gasteiger partial charge in [0.15, 0.2) is 0 Å². The first-order chi connectivity index (χ1) is 10.2. The first kappa shape index (κ1) is 14.1. The largest absolute Gasteiger partial charge is 0.464 e. The summed E-state index contributed by atoms with van der Waals surface area (Å²) in [6.45, 7) is 0.513. The molecule has 3 aromatic rings. The maximum Gasteiger partial charge on any atom is 0.224 e. The average molecular weight is 391 g/mol. The predicted molar refractivity (Wildman–Crippen MR) is 90.9 cm³/mol. The number of hydrogen-bond acceptors (Lipinski definition) is 2. The van der Waals surface area contributed by atoms with Crippen LogP contribution in [-0.4, -0.2) is 5.91 Å². The van der Waals surface area contributed by atoms with Crippen LogP contribution in [0.15, 0.2) is 59.2 Å². The van der Waals surface area contributed by atoms with E-state index >= 15 is 0 Å². The van der Waals surface area contributed by atoms with Gasteiger partial charge in [0, 0.05) is 15.5 Å². The molecule has 0 saturated carbocycles. The highest BCUT2D eigenvalue weighted by Gasteiger charge is 2.05. The number of rotatable bonds is 4. The second kappa shape index (κ2) is 6.30. The van der Waals surface area contributed by atoms with Crippen molar-refractivity contribution in [1.29, 1.82) is 0 Å². The van der Waals surface area contributed by atoms with E-state index in [-0.39, 0.29) is 5.91 Å². The maximum atomic E-state index is 12.0. The smallest absolute Gasteiger partial charge is 0.224 e. The van der Waals surface area contributed by atoms with Crippen molar-refractivity contribution in [3.05, 3.63) is 69.5 Å². The molecule has 0 aliphatic rings. The Kier molecular flexibility index (Phi) is 4.24. The number of halogens is 1. The molecule has 0 aliphatic carbocycles. The van der Waals surface area contributed by atoms with Crippen LogP contribution in [-0.2, 0) is 17.8 Å². The third-order valence-corrected chi connectivity index (χ3v) is 3.93. The molecular weight excluding hydrogens is 377 g/mol. The van der Waals surface area contributed by atoms with Crippen LogP contribution < -0.4 is 5.32 Å². The van der Waals surface area contributed by atoms with E-state index in [1.807, 2.05) is 48.5 Å². The van der Waals surface area contributed by atoms with Crippen LogP contribution >= 0.6 is 22.6 Å². The molecule has 4 heteroatoms. The molecule has 1 aromatic heterocycles. The van der Waals surface area contributed by atoms with Gasteiger partial charge in [-0.25, -0.2) is 0 Å². The van der Waals surface area contributed by atoms with Crippen LogP contribution in [0.4, 0.5) is 0 Å². The molecule has 0 bridgehead atoms. The molecule has 0 fully saturated rings. The Balaban J connectivity index is 1.60. The van der Waals surface area contributed by atoms with Crippen molar-refractivity contribution in [2.24, 2.45) is 0 Å². The third kappa shape index (κ3) is 3.64. The van der Waals surface area contributed by atoms with Crippen LogP contribution in [0, 0.1) is 3.57 Å². The molecule has 1 amide bonds. The van der Waals surface area contributed by atoms with Crippen molar-refractivity contribution >= 4 is 39.5 Å². The van der Waals surface area contributed by atoms with E-state index in [2.05, 4.69) is 27.9 Å². The fourth-order valence-corrected chi connectivity index (χ4v) is 2.81. The predicted octanol–water partition coefficient (Wildman–Crippen LogP) is 3.90. The lowest BCUT2D eigenvalue weighted by Gasteiger charge is -2.06. The first-order valence-corrected chi connectivity index (χ1v) is 7.76.